The number of ether oxygens (including phenoxy) is 3. The van der Waals surface area contributed by atoms with E-state index in [9.17, 15) is 4.79 Å². The van der Waals surface area contributed by atoms with Crippen LogP contribution in [0.25, 0.3) is 11.2 Å². The quantitative estimate of drug-likeness (QED) is 0.328. The molecule has 1 N–H and O–H groups in total. The van der Waals surface area contributed by atoms with Gasteiger partial charge in [-0.25, -0.2) is 4.98 Å². The monoisotopic (exact) mass is 545 g/mol. The zero-order chi connectivity index (χ0) is 27.9. The second-order valence-corrected chi connectivity index (χ2v) is 11.6. The van der Waals surface area contributed by atoms with Gasteiger partial charge in [0.1, 0.15) is 23.4 Å². The van der Waals surface area contributed by atoms with Crippen molar-refractivity contribution in [3.05, 3.63) is 48.0 Å². The molecule has 1 atom stereocenters. The molecule has 4 aromatic rings. The lowest BCUT2D eigenvalue weighted by molar-refractivity contribution is -0.119. The zero-order valence-corrected chi connectivity index (χ0v) is 23.4. The Morgan fingerprint density at radius 3 is 2.75 bits per heavy atom. The van der Waals surface area contributed by atoms with Crippen molar-refractivity contribution in [3.63, 3.8) is 0 Å². The molecule has 0 spiro atoms. The molecule has 11 nitrogen and oxygen atoms in total. The SMILES string of the molecule is Cn1c(Nc2cc(C(C)(C)C)n(C[C@@H]3COCCO3)n2)nc2ncc(Oc3ccnc(CC(=O)C4CC4)c3)cc21. The number of hydrogen-bond donors (Lipinski definition) is 1. The lowest BCUT2D eigenvalue weighted by Crippen LogP contribution is -2.34. The van der Waals surface area contributed by atoms with Gasteiger partial charge in [0.15, 0.2) is 11.5 Å². The number of ketones is 1. The van der Waals surface area contributed by atoms with Gasteiger partial charge in [-0.3, -0.25) is 14.5 Å². The third-order valence-corrected chi connectivity index (χ3v) is 7.17. The Morgan fingerprint density at radius 1 is 1.15 bits per heavy atom. The number of pyridine rings is 2. The molecule has 0 bridgehead atoms. The van der Waals surface area contributed by atoms with Crippen molar-refractivity contribution in [3.8, 4) is 11.5 Å². The normalized spacial score (nSPS) is 17.8. The summed E-state index contributed by atoms with van der Waals surface area (Å²) in [5.41, 5.74) is 3.09. The highest BCUT2D eigenvalue weighted by molar-refractivity contribution is 5.85. The van der Waals surface area contributed by atoms with Gasteiger partial charge in [0.25, 0.3) is 0 Å². The van der Waals surface area contributed by atoms with Crippen LogP contribution in [0.15, 0.2) is 36.7 Å². The molecule has 1 aliphatic heterocycles. The molecule has 2 aliphatic rings. The van der Waals surface area contributed by atoms with E-state index in [1.54, 1.807) is 18.5 Å². The summed E-state index contributed by atoms with van der Waals surface area (Å²) < 4.78 is 21.4. The number of carbonyl (C=O) groups excluding carboxylic acids is 1. The first-order valence-corrected chi connectivity index (χ1v) is 13.8. The minimum Gasteiger partial charge on any atom is -0.456 e. The van der Waals surface area contributed by atoms with Gasteiger partial charge in [-0.2, -0.15) is 10.1 Å². The Morgan fingerprint density at radius 2 is 2.00 bits per heavy atom. The van der Waals surface area contributed by atoms with Crippen LogP contribution in [0.3, 0.4) is 0 Å². The Kier molecular flexibility index (Phi) is 7.01. The van der Waals surface area contributed by atoms with E-state index < -0.39 is 0 Å². The van der Waals surface area contributed by atoms with Gasteiger partial charge < -0.3 is 24.1 Å². The van der Waals surface area contributed by atoms with Crippen molar-refractivity contribution in [2.45, 2.75) is 58.1 Å². The highest BCUT2D eigenvalue weighted by Gasteiger charge is 2.29. The Hall–Kier alpha value is -3.83. The first kappa shape index (κ1) is 26.4. The molecular weight excluding hydrogens is 510 g/mol. The molecule has 40 heavy (non-hydrogen) atoms. The molecule has 1 aliphatic carbocycles. The van der Waals surface area contributed by atoms with E-state index >= 15 is 0 Å². The third-order valence-electron chi connectivity index (χ3n) is 7.17. The maximum atomic E-state index is 12.2. The fraction of sp³-hybridized carbons (Fsp3) is 0.483. The fourth-order valence-corrected chi connectivity index (χ4v) is 4.87. The van der Waals surface area contributed by atoms with E-state index in [-0.39, 0.29) is 23.2 Å². The minimum atomic E-state index is -0.111. The number of nitrogens with zero attached hydrogens (tertiary/aromatic N) is 6. The number of carbonyl (C=O) groups is 1. The topological polar surface area (TPSA) is 118 Å². The van der Waals surface area contributed by atoms with E-state index in [0.717, 1.165) is 24.1 Å². The van der Waals surface area contributed by atoms with Gasteiger partial charge in [0, 0.05) is 54.9 Å². The van der Waals surface area contributed by atoms with Crippen LogP contribution in [0.2, 0.25) is 0 Å². The van der Waals surface area contributed by atoms with Crippen LogP contribution >= 0.6 is 0 Å². The van der Waals surface area contributed by atoms with E-state index in [1.807, 2.05) is 28.4 Å². The average molecular weight is 546 g/mol. The maximum Gasteiger partial charge on any atom is 0.210 e. The van der Waals surface area contributed by atoms with Gasteiger partial charge in [-0.05, 0) is 18.9 Å². The molecule has 1 saturated carbocycles. The van der Waals surface area contributed by atoms with Crippen LogP contribution in [0.4, 0.5) is 11.8 Å². The predicted molar refractivity (Wildman–Crippen MR) is 149 cm³/mol. The summed E-state index contributed by atoms with van der Waals surface area (Å²) in [6, 6.07) is 7.54. The third kappa shape index (κ3) is 5.85. The van der Waals surface area contributed by atoms with Crippen LogP contribution in [-0.4, -0.2) is 61.0 Å². The molecule has 210 valence electrons. The number of aryl methyl sites for hydroxylation is 1. The summed E-state index contributed by atoms with van der Waals surface area (Å²) in [7, 11) is 1.92. The Bertz CT molecular complexity index is 1530. The van der Waals surface area contributed by atoms with Crippen molar-refractivity contribution < 1.29 is 19.0 Å². The van der Waals surface area contributed by atoms with Gasteiger partial charge >= 0.3 is 0 Å². The van der Waals surface area contributed by atoms with Crippen molar-refractivity contribution in [2.24, 2.45) is 13.0 Å². The molecule has 11 heteroatoms. The molecule has 6 rings (SSSR count). The van der Waals surface area contributed by atoms with Crippen LogP contribution < -0.4 is 10.1 Å². The van der Waals surface area contributed by atoms with Crippen LogP contribution in [0.5, 0.6) is 11.5 Å². The standard InChI is InChI=1S/C29H35N7O4/c1-29(2,3)25-14-26(34-36(25)16-22-17-38-9-10-39-22)32-28-33-27-23(35(28)4)13-21(15-31-27)40-20-7-8-30-19(11-20)12-24(37)18-5-6-18/h7-8,11,13-15,18,22H,5-6,9-10,12,16-17H2,1-4H3,(H,31,32,33,34)/t22-/m1/s1. The number of anilines is 2. The van der Waals surface area contributed by atoms with E-state index in [2.05, 4.69) is 47.1 Å². The van der Waals surface area contributed by atoms with Crippen molar-refractivity contribution in [1.29, 1.82) is 0 Å². The van der Waals surface area contributed by atoms with Gasteiger partial charge in [0.05, 0.1) is 43.8 Å². The molecule has 0 radical (unpaired) electrons. The molecule has 5 heterocycles. The molecular formula is C29H35N7O4. The van der Waals surface area contributed by atoms with Crippen molar-refractivity contribution in [2.75, 3.05) is 25.1 Å². The second-order valence-electron chi connectivity index (χ2n) is 11.6. The second kappa shape index (κ2) is 10.6. The van der Waals surface area contributed by atoms with E-state index in [0.29, 0.717) is 67.4 Å². The molecule has 1 saturated heterocycles. The lowest BCUT2D eigenvalue weighted by atomic mass is 9.92. The van der Waals surface area contributed by atoms with E-state index in [4.69, 9.17) is 19.3 Å². The van der Waals surface area contributed by atoms with Crippen molar-refractivity contribution in [1.82, 2.24) is 29.3 Å². The number of imidazole rings is 1. The number of nitrogens with one attached hydrogen (secondary N) is 1. The lowest BCUT2D eigenvalue weighted by Gasteiger charge is -2.26. The molecule has 4 aromatic heterocycles. The highest BCUT2D eigenvalue weighted by Crippen LogP contribution is 2.32. The van der Waals surface area contributed by atoms with E-state index in [1.165, 1.54) is 0 Å². The van der Waals surface area contributed by atoms with Crippen molar-refractivity contribution >= 4 is 28.7 Å². The first-order chi connectivity index (χ1) is 19.2. The summed E-state index contributed by atoms with van der Waals surface area (Å²) in [5.74, 6) is 2.95. The number of aromatic nitrogens is 6. The van der Waals surface area contributed by atoms with Crippen LogP contribution in [-0.2, 0) is 39.7 Å². The Balaban J connectivity index is 1.20. The molecule has 0 unspecified atom stereocenters. The Labute approximate surface area is 232 Å². The number of rotatable bonds is 9. The average Bonchev–Trinajstić information content (AvgIpc) is 3.63. The number of Topliss-reactive ketones (excluding diaryl/α,β-unsaturated/α-hetero) is 1. The van der Waals surface area contributed by atoms with Crippen LogP contribution in [0, 0.1) is 5.92 Å². The largest absolute Gasteiger partial charge is 0.456 e. The maximum absolute atomic E-state index is 12.2. The summed E-state index contributed by atoms with van der Waals surface area (Å²) >= 11 is 0. The minimum absolute atomic E-state index is 0.0314. The number of hydrogen-bond acceptors (Lipinski definition) is 9. The van der Waals surface area contributed by atoms with Gasteiger partial charge in [-0.1, -0.05) is 20.8 Å². The molecule has 0 amide bonds. The summed E-state index contributed by atoms with van der Waals surface area (Å²) in [5, 5.41) is 8.20. The summed E-state index contributed by atoms with van der Waals surface area (Å²) in [4.78, 5) is 25.7. The smallest absolute Gasteiger partial charge is 0.210 e. The molecule has 0 aromatic carbocycles. The predicted octanol–water partition coefficient (Wildman–Crippen LogP) is 4.33. The molecule has 2 fully saturated rings. The summed E-state index contributed by atoms with van der Waals surface area (Å²) in [6.45, 7) is 8.91. The fourth-order valence-electron chi connectivity index (χ4n) is 4.87. The summed E-state index contributed by atoms with van der Waals surface area (Å²) in [6.07, 6.45) is 5.61. The van der Waals surface area contributed by atoms with Gasteiger partial charge in [0.2, 0.25) is 5.95 Å². The van der Waals surface area contributed by atoms with Gasteiger partial charge in [-0.15, -0.1) is 0 Å². The zero-order valence-electron chi connectivity index (χ0n) is 23.4. The highest BCUT2D eigenvalue weighted by atomic mass is 16.6. The first-order valence-electron chi connectivity index (χ1n) is 13.8. The van der Waals surface area contributed by atoms with Crippen LogP contribution in [0.1, 0.15) is 45.0 Å². The number of fused-ring (bicyclic) bond motifs is 1.